The number of nitrogens with zero attached hydrogens (tertiary/aromatic N) is 4. The lowest BCUT2D eigenvalue weighted by Crippen LogP contribution is -2.00. The average molecular weight is 625 g/mol. The van der Waals surface area contributed by atoms with E-state index in [9.17, 15) is 0 Å². The Morgan fingerprint density at radius 3 is 1.82 bits per heavy atom. The van der Waals surface area contributed by atoms with Crippen LogP contribution in [0.25, 0.3) is 93.7 Å². The minimum Gasteiger partial charge on any atom is -0.307 e. The van der Waals surface area contributed by atoms with Crippen LogP contribution in [0.2, 0.25) is 0 Å². The molecule has 0 unspecified atom stereocenters. The molecular weight excluding hydrogens is 597 g/mol. The lowest BCUT2D eigenvalue weighted by molar-refractivity contribution is 1.10. The molecule has 0 aliphatic carbocycles. The number of hydrogen-bond acceptors (Lipinski definition) is 1. The predicted molar refractivity (Wildman–Crippen MR) is 204 cm³/mol. The Kier molecular flexibility index (Phi) is 5.35. The molecule has 11 aromatic rings. The Morgan fingerprint density at radius 2 is 1.00 bits per heavy atom. The number of hydrogen-bond donors (Lipinski definition) is 0. The van der Waals surface area contributed by atoms with Crippen molar-refractivity contribution in [1.29, 1.82) is 0 Å². The molecule has 0 atom stereocenters. The van der Waals surface area contributed by atoms with E-state index in [1.807, 2.05) is 0 Å². The summed E-state index contributed by atoms with van der Waals surface area (Å²) < 4.78 is 7.22. The number of rotatable bonds is 3. The molecule has 4 heterocycles. The van der Waals surface area contributed by atoms with Gasteiger partial charge in [0.2, 0.25) is 0 Å². The maximum atomic E-state index is 5.20. The first-order valence-electron chi connectivity index (χ1n) is 16.7. The lowest BCUT2D eigenvalue weighted by atomic mass is 10.1. The number of benzene rings is 7. The van der Waals surface area contributed by atoms with Crippen LogP contribution in [0.15, 0.2) is 170 Å². The number of fused-ring (bicyclic) bond motifs is 13. The standard InChI is InChI=1S/C45H28N4/c1-2-14-31(15-3-1)48-41-24-11-8-21-38(41)46-45(48)30-13-12-16-32(27-30)47-39-22-9-7-20-36(39)37-26-25-29-28-42-35-19-5-4-17-33(35)34-18-6-10-23-40(34)49(42)43(29)44(37)47/h1-28H. The fourth-order valence-electron chi connectivity index (χ4n) is 8.14. The predicted octanol–water partition coefficient (Wildman–Crippen LogP) is 11.5. The van der Waals surface area contributed by atoms with Crippen LogP contribution in [0, 0.1) is 0 Å². The molecule has 0 radical (unpaired) electrons. The molecule has 0 N–H and O–H groups in total. The highest BCUT2D eigenvalue weighted by atomic mass is 15.1. The number of para-hydroxylation sites is 5. The van der Waals surface area contributed by atoms with Gasteiger partial charge in [0, 0.05) is 43.9 Å². The number of imidazole rings is 1. The van der Waals surface area contributed by atoms with Crippen molar-refractivity contribution < 1.29 is 0 Å². The van der Waals surface area contributed by atoms with E-state index in [0.29, 0.717) is 0 Å². The van der Waals surface area contributed by atoms with E-state index < -0.39 is 0 Å². The van der Waals surface area contributed by atoms with Crippen LogP contribution < -0.4 is 0 Å². The summed E-state index contributed by atoms with van der Waals surface area (Å²) in [6, 6.07) is 61.2. The third-order valence-corrected chi connectivity index (χ3v) is 10.2. The molecule has 49 heavy (non-hydrogen) atoms. The van der Waals surface area contributed by atoms with E-state index in [2.05, 4.69) is 183 Å². The van der Waals surface area contributed by atoms with Crippen LogP contribution in [-0.2, 0) is 0 Å². The van der Waals surface area contributed by atoms with Gasteiger partial charge in [0.05, 0.1) is 38.6 Å². The first-order chi connectivity index (χ1) is 24.3. The maximum Gasteiger partial charge on any atom is 0.145 e. The van der Waals surface area contributed by atoms with Gasteiger partial charge in [0.25, 0.3) is 0 Å². The molecule has 0 spiro atoms. The second-order valence-electron chi connectivity index (χ2n) is 12.8. The molecule has 0 aliphatic heterocycles. The van der Waals surface area contributed by atoms with Gasteiger partial charge < -0.3 is 8.97 Å². The van der Waals surface area contributed by atoms with Crippen molar-refractivity contribution in [3.8, 4) is 22.8 Å². The van der Waals surface area contributed by atoms with E-state index in [1.54, 1.807) is 0 Å². The maximum absolute atomic E-state index is 5.20. The molecule has 7 aromatic carbocycles. The zero-order valence-corrected chi connectivity index (χ0v) is 26.5. The van der Waals surface area contributed by atoms with Gasteiger partial charge in [-0.05, 0) is 60.0 Å². The van der Waals surface area contributed by atoms with Crippen molar-refractivity contribution in [2.24, 2.45) is 0 Å². The molecule has 0 saturated heterocycles. The summed E-state index contributed by atoms with van der Waals surface area (Å²) in [5, 5.41) is 7.49. The van der Waals surface area contributed by atoms with Crippen LogP contribution in [0.5, 0.6) is 0 Å². The molecule has 0 amide bonds. The largest absolute Gasteiger partial charge is 0.307 e. The van der Waals surface area contributed by atoms with Crippen LogP contribution in [0.1, 0.15) is 0 Å². The van der Waals surface area contributed by atoms with Gasteiger partial charge in [-0.3, -0.25) is 4.57 Å². The van der Waals surface area contributed by atoms with Crippen LogP contribution in [0.3, 0.4) is 0 Å². The summed E-state index contributed by atoms with van der Waals surface area (Å²) in [6.45, 7) is 0. The van der Waals surface area contributed by atoms with Gasteiger partial charge in [-0.15, -0.1) is 0 Å². The summed E-state index contributed by atoms with van der Waals surface area (Å²) in [7, 11) is 0. The Morgan fingerprint density at radius 1 is 0.367 bits per heavy atom. The van der Waals surface area contributed by atoms with Crippen molar-refractivity contribution >= 4 is 70.9 Å². The Bertz CT molecular complexity index is 3100. The highest BCUT2D eigenvalue weighted by Gasteiger charge is 2.21. The number of aromatic nitrogens is 4. The van der Waals surface area contributed by atoms with Gasteiger partial charge in [0.1, 0.15) is 5.82 Å². The van der Waals surface area contributed by atoms with Gasteiger partial charge in [-0.1, -0.05) is 115 Å². The highest BCUT2D eigenvalue weighted by Crippen LogP contribution is 2.41. The second kappa shape index (κ2) is 9.93. The van der Waals surface area contributed by atoms with Crippen LogP contribution in [0.4, 0.5) is 0 Å². The normalized spacial score (nSPS) is 12.1. The van der Waals surface area contributed by atoms with Crippen LogP contribution in [-0.4, -0.2) is 18.5 Å². The van der Waals surface area contributed by atoms with Crippen LogP contribution >= 0.6 is 0 Å². The molecule has 0 fully saturated rings. The Balaban J connectivity index is 1.27. The molecule has 0 aliphatic rings. The fraction of sp³-hybridized carbons (Fsp3) is 0. The first kappa shape index (κ1) is 26.4. The zero-order valence-electron chi connectivity index (χ0n) is 26.5. The molecule has 4 nitrogen and oxygen atoms in total. The van der Waals surface area contributed by atoms with Gasteiger partial charge in [-0.2, -0.15) is 0 Å². The molecule has 0 bridgehead atoms. The van der Waals surface area contributed by atoms with Gasteiger partial charge >= 0.3 is 0 Å². The third-order valence-electron chi connectivity index (χ3n) is 10.2. The van der Waals surface area contributed by atoms with E-state index in [1.165, 1.54) is 59.9 Å². The van der Waals surface area contributed by atoms with Crippen molar-refractivity contribution in [3.05, 3.63) is 170 Å². The fourth-order valence-corrected chi connectivity index (χ4v) is 8.14. The Hall–Kier alpha value is -6.65. The monoisotopic (exact) mass is 624 g/mol. The summed E-state index contributed by atoms with van der Waals surface area (Å²) >= 11 is 0. The van der Waals surface area contributed by atoms with E-state index in [0.717, 1.165) is 33.8 Å². The molecule has 0 saturated carbocycles. The summed E-state index contributed by atoms with van der Waals surface area (Å²) in [5.74, 6) is 0.922. The van der Waals surface area contributed by atoms with Crippen molar-refractivity contribution in [2.75, 3.05) is 0 Å². The smallest absolute Gasteiger partial charge is 0.145 e. The Labute approximate surface area is 281 Å². The van der Waals surface area contributed by atoms with E-state index in [-0.39, 0.29) is 0 Å². The molecule has 11 rings (SSSR count). The van der Waals surface area contributed by atoms with Crippen molar-refractivity contribution in [2.45, 2.75) is 0 Å². The lowest BCUT2D eigenvalue weighted by Gasteiger charge is -2.14. The molecule has 4 aromatic heterocycles. The summed E-state index contributed by atoms with van der Waals surface area (Å²) in [6.07, 6.45) is 0. The molecular formula is C45H28N4. The number of pyridine rings is 1. The third kappa shape index (κ3) is 3.66. The summed E-state index contributed by atoms with van der Waals surface area (Å²) in [5.41, 5.74) is 11.3. The molecule has 228 valence electrons. The van der Waals surface area contributed by atoms with Gasteiger partial charge in [0.15, 0.2) is 0 Å². The average Bonchev–Trinajstić information content (AvgIpc) is 3.86. The van der Waals surface area contributed by atoms with Crippen molar-refractivity contribution in [3.63, 3.8) is 0 Å². The first-order valence-corrected chi connectivity index (χ1v) is 16.7. The summed E-state index contributed by atoms with van der Waals surface area (Å²) in [4.78, 5) is 5.20. The quantitative estimate of drug-likeness (QED) is 0.180. The van der Waals surface area contributed by atoms with Gasteiger partial charge in [-0.25, -0.2) is 4.98 Å². The van der Waals surface area contributed by atoms with E-state index in [4.69, 9.17) is 4.98 Å². The topological polar surface area (TPSA) is 27.2 Å². The van der Waals surface area contributed by atoms with Crippen molar-refractivity contribution in [1.82, 2.24) is 18.5 Å². The van der Waals surface area contributed by atoms with E-state index >= 15 is 0 Å². The zero-order chi connectivity index (χ0) is 32.1. The second-order valence-corrected chi connectivity index (χ2v) is 12.8. The minimum atomic E-state index is 0.922. The molecule has 4 heteroatoms. The minimum absolute atomic E-state index is 0.922. The SMILES string of the molecule is c1ccc(-n2c(-c3cccc(-n4c5ccccc5c5ccc6cc7c8ccccc8c8ccccc8n7c6c54)c3)nc3ccccc32)cc1. The highest BCUT2D eigenvalue weighted by molar-refractivity contribution is 6.22.